The van der Waals surface area contributed by atoms with E-state index in [9.17, 15) is 9.18 Å². The predicted molar refractivity (Wildman–Crippen MR) is 76.7 cm³/mol. The second kappa shape index (κ2) is 6.39. The number of hydrogen-bond acceptors (Lipinski definition) is 2. The maximum absolute atomic E-state index is 13.5. The number of nitrogens with one attached hydrogen (secondary N) is 1. The van der Waals surface area contributed by atoms with Crippen molar-refractivity contribution >= 4 is 23.2 Å². The summed E-state index contributed by atoms with van der Waals surface area (Å²) < 4.78 is 18.3. The van der Waals surface area contributed by atoms with Crippen molar-refractivity contribution in [3.8, 4) is 5.75 Å². The van der Waals surface area contributed by atoms with Crippen LogP contribution < -0.4 is 10.1 Å². The third-order valence-electron chi connectivity index (χ3n) is 2.73. The molecule has 0 atom stereocenters. The van der Waals surface area contributed by atoms with Gasteiger partial charge >= 0.3 is 0 Å². The number of amides is 1. The SMILES string of the molecule is COc1ccc(CC(=O)Nc2ccccc2Cl)cc1F. The molecule has 0 aromatic heterocycles. The van der Waals surface area contributed by atoms with Crippen LogP contribution in [-0.4, -0.2) is 13.0 Å². The Morgan fingerprint density at radius 3 is 2.70 bits per heavy atom. The van der Waals surface area contributed by atoms with Crippen LogP contribution in [0.1, 0.15) is 5.56 Å². The molecule has 0 bridgehead atoms. The van der Waals surface area contributed by atoms with Gasteiger partial charge in [-0.1, -0.05) is 29.8 Å². The molecule has 1 N–H and O–H groups in total. The van der Waals surface area contributed by atoms with Crippen LogP contribution in [0.15, 0.2) is 42.5 Å². The molecule has 5 heteroatoms. The summed E-state index contributed by atoms with van der Waals surface area (Å²) >= 11 is 5.94. The van der Waals surface area contributed by atoms with Crippen LogP contribution in [-0.2, 0) is 11.2 Å². The number of hydrogen-bond donors (Lipinski definition) is 1. The predicted octanol–water partition coefficient (Wildman–Crippen LogP) is 3.67. The van der Waals surface area contributed by atoms with E-state index in [1.54, 1.807) is 30.3 Å². The topological polar surface area (TPSA) is 38.3 Å². The molecule has 0 saturated heterocycles. The highest BCUT2D eigenvalue weighted by atomic mass is 35.5. The molecule has 2 rings (SSSR count). The highest BCUT2D eigenvalue weighted by molar-refractivity contribution is 6.33. The monoisotopic (exact) mass is 293 g/mol. The van der Waals surface area contributed by atoms with Gasteiger partial charge in [0, 0.05) is 0 Å². The molecular formula is C15H13ClFNO2. The van der Waals surface area contributed by atoms with E-state index in [0.29, 0.717) is 16.3 Å². The summed E-state index contributed by atoms with van der Waals surface area (Å²) in [6.07, 6.45) is 0.0616. The quantitative estimate of drug-likeness (QED) is 0.934. The number of para-hydroxylation sites is 1. The summed E-state index contributed by atoms with van der Waals surface area (Å²) in [5.41, 5.74) is 1.10. The minimum Gasteiger partial charge on any atom is -0.494 e. The van der Waals surface area contributed by atoms with Crippen LogP contribution in [0.4, 0.5) is 10.1 Å². The zero-order valence-electron chi connectivity index (χ0n) is 10.8. The van der Waals surface area contributed by atoms with Gasteiger partial charge in [0.25, 0.3) is 0 Å². The van der Waals surface area contributed by atoms with Gasteiger partial charge in [-0.05, 0) is 29.8 Å². The lowest BCUT2D eigenvalue weighted by molar-refractivity contribution is -0.115. The van der Waals surface area contributed by atoms with E-state index in [2.05, 4.69) is 5.32 Å². The Bertz CT molecular complexity index is 631. The number of carbonyl (C=O) groups excluding carboxylic acids is 1. The van der Waals surface area contributed by atoms with Crippen molar-refractivity contribution in [2.45, 2.75) is 6.42 Å². The average molecular weight is 294 g/mol. The number of benzene rings is 2. The molecule has 0 aliphatic rings. The Hall–Kier alpha value is -2.07. The summed E-state index contributed by atoms with van der Waals surface area (Å²) in [4.78, 5) is 11.9. The van der Waals surface area contributed by atoms with Crippen LogP contribution in [0.2, 0.25) is 5.02 Å². The molecule has 2 aromatic rings. The van der Waals surface area contributed by atoms with Gasteiger partial charge in [0.1, 0.15) is 0 Å². The first-order valence-corrected chi connectivity index (χ1v) is 6.34. The fraction of sp³-hybridized carbons (Fsp3) is 0.133. The Morgan fingerprint density at radius 1 is 1.30 bits per heavy atom. The fourth-order valence-corrected chi connectivity index (χ4v) is 1.95. The van der Waals surface area contributed by atoms with Gasteiger partial charge in [-0.2, -0.15) is 0 Å². The number of rotatable bonds is 4. The fourth-order valence-electron chi connectivity index (χ4n) is 1.76. The molecule has 0 aliphatic carbocycles. The first-order chi connectivity index (χ1) is 9.60. The van der Waals surface area contributed by atoms with Crippen LogP contribution in [0, 0.1) is 5.82 Å². The van der Waals surface area contributed by atoms with E-state index in [1.165, 1.54) is 19.2 Å². The van der Waals surface area contributed by atoms with Gasteiger partial charge in [0.05, 0.1) is 24.2 Å². The molecule has 0 heterocycles. The van der Waals surface area contributed by atoms with Crippen molar-refractivity contribution in [3.05, 3.63) is 58.9 Å². The van der Waals surface area contributed by atoms with Gasteiger partial charge < -0.3 is 10.1 Å². The molecule has 3 nitrogen and oxygen atoms in total. The van der Waals surface area contributed by atoms with Crippen LogP contribution >= 0.6 is 11.6 Å². The number of carbonyl (C=O) groups is 1. The lowest BCUT2D eigenvalue weighted by Gasteiger charge is -2.08. The summed E-state index contributed by atoms with van der Waals surface area (Å²) in [6, 6.07) is 11.4. The van der Waals surface area contributed by atoms with Crippen molar-refractivity contribution in [2.24, 2.45) is 0 Å². The van der Waals surface area contributed by atoms with Gasteiger partial charge in [-0.15, -0.1) is 0 Å². The summed E-state index contributed by atoms with van der Waals surface area (Å²) in [5, 5.41) is 3.14. The molecule has 0 radical (unpaired) electrons. The van der Waals surface area contributed by atoms with E-state index in [0.717, 1.165) is 0 Å². The third-order valence-corrected chi connectivity index (χ3v) is 3.06. The van der Waals surface area contributed by atoms with E-state index in [1.807, 2.05) is 0 Å². The number of halogens is 2. The molecule has 0 spiro atoms. The smallest absolute Gasteiger partial charge is 0.228 e. The van der Waals surface area contributed by atoms with E-state index < -0.39 is 5.82 Å². The van der Waals surface area contributed by atoms with Crippen molar-refractivity contribution in [1.82, 2.24) is 0 Å². The Morgan fingerprint density at radius 2 is 2.05 bits per heavy atom. The minimum absolute atomic E-state index is 0.0616. The maximum Gasteiger partial charge on any atom is 0.228 e. The van der Waals surface area contributed by atoms with Crippen LogP contribution in [0.3, 0.4) is 0 Å². The zero-order valence-corrected chi connectivity index (χ0v) is 11.6. The van der Waals surface area contributed by atoms with E-state index in [-0.39, 0.29) is 18.1 Å². The Kier molecular flexibility index (Phi) is 4.58. The van der Waals surface area contributed by atoms with Gasteiger partial charge in [0.15, 0.2) is 11.6 Å². The average Bonchev–Trinajstić information content (AvgIpc) is 2.41. The number of anilines is 1. The minimum atomic E-state index is -0.490. The number of methoxy groups -OCH3 is 1. The molecule has 20 heavy (non-hydrogen) atoms. The molecule has 104 valence electrons. The second-order valence-corrected chi connectivity index (χ2v) is 4.58. The van der Waals surface area contributed by atoms with Gasteiger partial charge in [-0.3, -0.25) is 4.79 Å². The lowest BCUT2D eigenvalue weighted by Crippen LogP contribution is -2.14. The largest absolute Gasteiger partial charge is 0.494 e. The van der Waals surface area contributed by atoms with E-state index >= 15 is 0 Å². The van der Waals surface area contributed by atoms with Crippen LogP contribution in [0.5, 0.6) is 5.75 Å². The molecule has 0 fully saturated rings. The lowest BCUT2D eigenvalue weighted by atomic mass is 10.1. The second-order valence-electron chi connectivity index (χ2n) is 4.17. The zero-order chi connectivity index (χ0) is 14.5. The van der Waals surface area contributed by atoms with E-state index in [4.69, 9.17) is 16.3 Å². The number of ether oxygens (including phenoxy) is 1. The Labute approximate surface area is 121 Å². The normalized spacial score (nSPS) is 10.2. The van der Waals surface area contributed by atoms with Crippen LogP contribution in [0.25, 0.3) is 0 Å². The molecule has 0 unspecified atom stereocenters. The van der Waals surface area contributed by atoms with Crippen molar-refractivity contribution < 1.29 is 13.9 Å². The highest BCUT2D eigenvalue weighted by Crippen LogP contribution is 2.21. The molecule has 0 saturated carbocycles. The first-order valence-electron chi connectivity index (χ1n) is 5.97. The molecule has 0 aliphatic heterocycles. The van der Waals surface area contributed by atoms with Crippen molar-refractivity contribution in [3.63, 3.8) is 0 Å². The van der Waals surface area contributed by atoms with Crippen molar-refractivity contribution in [1.29, 1.82) is 0 Å². The van der Waals surface area contributed by atoms with Crippen molar-refractivity contribution in [2.75, 3.05) is 12.4 Å². The highest BCUT2D eigenvalue weighted by Gasteiger charge is 2.09. The standard InChI is InChI=1S/C15H13ClFNO2/c1-20-14-7-6-10(8-12(14)17)9-15(19)18-13-5-3-2-4-11(13)16/h2-8H,9H2,1H3,(H,18,19). The van der Waals surface area contributed by atoms with Gasteiger partial charge in [0.2, 0.25) is 5.91 Å². The first kappa shape index (κ1) is 14.3. The summed E-state index contributed by atoms with van der Waals surface area (Å²) in [7, 11) is 1.39. The third kappa shape index (κ3) is 3.48. The summed E-state index contributed by atoms with van der Waals surface area (Å²) in [5.74, 6) is -0.599. The maximum atomic E-state index is 13.5. The molecule has 1 amide bonds. The molecular weight excluding hydrogens is 281 g/mol. The summed E-state index contributed by atoms with van der Waals surface area (Å²) in [6.45, 7) is 0. The van der Waals surface area contributed by atoms with Gasteiger partial charge in [-0.25, -0.2) is 4.39 Å². The Balaban J connectivity index is 2.05. The molecule has 2 aromatic carbocycles.